The van der Waals surface area contributed by atoms with Gasteiger partial charge in [-0.15, -0.1) is 0 Å². The topological polar surface area (TPSA) is 40.3 Å². The van der Waals surface area contributed by atoms with Crippen LogP contribution in [0.4, 0.5) is 0 Å². The van der Waals surface area contributed by atoms with Crippen LogP contribution in [0, 0.1) is 0 Å². The molecule has 0 unspecified atom stereocenters. The first-order valence-corrected chi connectivity index (χ1v) is 10.7. The summed E-state index contributed by atoms with van der Waals surface area (Å²) < 4.78 is 0.930. The molecule has 1 fully saturated rings. The quantitative estimate of drug-likeness (QED) is 0.584. The lowest BCUT2D eigenvalue weighted by atomic mass is 9.96. The highest BCUT2D eigenvalue weighted by Crippen LogP contribution is 2.21. The van der Waals surface area contributed by atoms with Gasteiger partial charge in [-0.25, -0.2) is 0 Å². The number of hydrazone groups is 1. The van der Waals surface area contributed by atoms with Crippen LogP contribution in [0.15, 0.2) is 88.4 Å². The number of halogens is 1. The van der Waals surface area contributed by atoms with Gasteiger partial charge in [0.2, 0.25) is 0 Å². The van der Waals surface area contributed by atoms with E-state index in [1.807, 2.05) is 12.1 Å². The summed E-state index contributed by atoms with van der Waals surface area (Å²) in [5.41, 5.74) is 3.43. The van der Waals surface area contributed by atoms with Crippen LogP contribution in [0.3, 0.4) is 0 Å². The summed E-state index contributed by atoms with van der Waals surface area (Å²) in [7, 11) is 0. The van der Waals surface area contributed by atoms with Gasteiger partial charge in [0.25, 0.3) is 0 Å². The second-order valence-electron chi connectivity index (χ2n) is 7.31. The Morgan fingerprint density at radius 1 is 0.897 bits per heavy atom. The average molecular weight is 451 g/mol. The highest BCUT2D eigenvalue weighted by molar-refractivity contribution is 9.10. The monoisotopic (exact) mass is 450 g/mol. The van der Waals surface area contributed by atoms with Crippen molar-refractivity contribution in [2.45, 2.75) is 6.04 Å². The van der Waals surface area contributed by atoms with E-state index < -0.39 is 0 Å². The Labute approximate surface area is 180 Å². The Kier molecular flexibility index (Phi) is 6.27. The molecule has 0 atom stereocenters. The molecule has 5 heteroatoms. The SMILES string of the molecule is Oc1ccc(Br)cc1/C=N/N1CC[NH+](C(c2ccccc2)c2ccccc2)CC1. The molecule has 148 valence electrons. The predicted molar refractivity (Wildman–Crippen MR) is 120 cm³/mol. The summed E-state index contributed by atoms with van der Waals surface area (Å²) in [5, 5.41) is 16.7. The highest BCUT2D eigenvalue weighted by Gasteiger charge is 2.29. The zero-order chi connectivity index (χ0) is 20.1. The van der Waals surface area contributed by atoms with Gasteiger partial charge in [0, 0.05) is 21.2 Å². The number of piperazine rings is 1. The van der Waals surface area contributed by atoms with Gasteiger partial charge < -0.3 is 10.0 Å². The fourth-order valence-electron chi connectivity index (χ4n) is 3.91. The van der Waals surface area contributed by atoms with Crippen LogP contribution < -0.4 is 4.90 Å². The molecule has 1 aliphatic rings. The molecule has 0 bridgehead atoms. The maximum absolute atomic E-state index is 10.00. The molecule has 0 radical (unpaired) electrons. The molecule has 0 saturated carbocycles. The number of aromatic hydroxyl groups is 1. The van der Waals surface area contributed by atoms with E-state index in [9.17, 15) is 5.11 Å². The molecular weight excluding hydrogens is 426 g/mol. The van der Waals surface area contributed by atoms with Crippen molar-refractivity contribution < 1.29 is 10.0 Å². The lowest BCUT2D eigenvalue weighted by Crippen LogP contribution is -3.15. The molecule has 1 aliphatic heterocycles. The van der Waals surface area contributed by atoms with Gasteiger partial charge in [0.05, 0.1) is 32.4 Å². The first-order valence-electron chi connectivity index (χ1n) is 9.92. The second-order valence-corrected chi connectivity index (χ2v) is 8.23. The van der Waals surface area contributed by atoms with Crippen molar-refractivity contribution in [1.82, 2.24) is 5.01 Å². The minimum atomic E-state index is 0.245. The number of hydrogen-bond donors (Lipinski definition) is 2. The largest absolute Gasteiger partial charge is 0.507 e. The second kappa shape index (κ2) is 9.25. The van der Waals surface area contributed by atoms with Gasteiger partial charge >= 0.3 is 0 Å². The summed E-state index contributed by atoms with van der Waals surface area (Å²) in [5.74, 6) is 0.245. The van der Waals surface area contributed by atoms with E-state index in [1.54, 1.807) is 17.2 Å². The highest BCUT2D eigenvalue weighted by atomic mass is 79.9. The van der Waals surface area contributed by atoms with Gasteiger partial charge in [0.1, 0.15) is 11.8 Å². The van der Waals surface area contributed by atoms with Crippen LogP contribution in [0.2, 0.25) is 0 Å². The molecule has 0 spiro atoms. The summed E-state index contributed by atoms with van der Waals surface area (Å²) >= 11 is 3.44. The van der Waals surface area contributed by atoms with Crippen LogP contribution >= 0.6 is 15.9 Å². The zero-order valence-electron chi connectivity index (χ0n) is 16.2. The first kappa shape index (κ1) is 19.7. The smallest absolute Gasteiger partial charge is 0.139 e. The van der Waals surface area contributed by atoms with E-state index in [-0.39, 0.29) is 5.75 Å². The third kappa shape index (κ3) is 4.86. The summed E-state index contributed by atoms with van der Waals surface area (Å²) in [6.07, 6.45) is 1.75. The van der Waals surface area contributed by atoms with Crippen LogP contribution in [-0.2, 0) is 0 Å². The first-order chi connectivity index (χ1) is 14.2. The van der Waals surface area contributed by atoms with E-state index in [1.165, 1.54) is 11.1 Å². The van der Waals surface area contributed by atoms with Crippen molar-refractivity contribution in [1.29, 1.82) is 0 Å². The number of phenols is 1. The van der Waals surface area contributed by atoms with Crippen molar-refractivity contribution >= 4 is 22.1 Å². The minimum absolute atomic E-state index is 0.245. The van der Waals surface area contributed by atoms with Crippen molar-refractivity contribution in [2.24, 2.45) is 5.10 Å². The van der Waals surface area contributed by atoms with E-state index in [0.717, 1.165) is 36.2 Å². The van der Waals surface area contributed by atoms with Gasteiger partial charge in [-0.2, -0.15) is 5.10 Å². The molecule has 0 aromatic heterocycles. The molecule has 0 amide bonds. The predicted octanol–water partition coefficient (Wildman–Crippen LogP) is 3.48. The number of benzene rings is 3. The summed E-state index contributed by atoms with van der Waals surface area (Å²) in [6, 6.07) is 27.2. The van der Waals surface area contributed by atoms with Crippen LogP contribution in [0.5, 0.6) is 5.75 Å². The van der Waals surface area contributed by atoms with E-state index >= 15 is 0 Å². The van der Waals surface area contributed by atoms with Crippen molar-refractivity contribution in [2.75, 3.05) is 26.2 Å². The third-order valence-corrected chi connectivity index (χ3v) is 5.90. The molecule has 1 heterocycles. The minimum Gasteiger partial charge on any atom is -0.507 e. The summed E-state index contributed by atoms with van der Waals surface area (Å²) in [4.78, 5) is 1.55. The molecular formula is C24H25BrN3O+. The Morgan fingerprint density at radius 3 is 2.07 bits per heavy atom. The molecule has 29 heavy (non-hydrogen) atoms. The molecule has 4 nitrogen and oxygen atoms in total. The van der Waals surface area contributed by atoms with Gasteiger partial charge in [0.15, 0.2) is 0 Å². The fourth-order valence-corrected chi connectivity index (χ4v) is 4.29. The number of nitrogens with one attached hydrogen (secondary N) is 1. The molecule has 3 aromatic rings. The fraction of sp³-hybridized carbons (Fsp3) is 0.208. The van der Waals surface area contributed by atoms with E-state index in [4.69, 9.17) is 0 Å². The van der Waals surface area contributed by atoms with E-state index in [2.05, 4.69) is 86.7 Å². The van der Waals surface area contributed by atoms with Gasteiger partial charge in [-0.05, 0) is 18.2 Å². The Hall–Kier alpha value is -2.63. The number of quaternary nitrogens is 1. The normalized spacial score (nSPS) is 15.3. The number of nitrogens with zero attached hydrogens (tertiary/aromatic N) is 2. The van der Waals surface area contributed by atoms with Gasteiger partial charge in [-0.1, -0.05) is 76.6 Å². The number of rotatable bonds is 5. The molecule has 1 saturated heterocycles. The maximum Gasteiger partial charge on any atom is 0.139 e. The lowest BCUT2D eigenvalue weighted by Gasteiger charge is -2.36. The van der Waals surface area contributed by atoms with Crippen LogP contribution in [-0.4, -0.2) is 42.5 Å². The average Bonchev–Trinajstić information content (AvgIpc) is 2.77. The van der Waals surface area contributed by atoms with Crippen molar-refractivity contribution in [3.63, 3.8) is 0 Å². The standard InChI is InChI=1S/C24H24BrN3O/c25-22-11-12-23(29)21(17-22)18-26-28-15-13-27(14-16-28)24(19-7-3-1-4-8-19)20-9-5-2-6-10-20/h1-12,17-18,24,29H,13-16H2/p+1/b26-18+. The van der Waals surface area contributed by atoms with Crippen molar-refractivity contribution in [3.05, 3.63) is 100 Å². The maximum atomic E-state index is 10.00. The number of hydrogen-bond acceptors (Lipinski definition) is 3. The zero-order valence-corrected chi connectivity index (χ0v) is 17.8. The number of phenolic OH excluding ortho intramolecular Hbond substituents is 1. The third-order valence-electron chi connectivity index (χ3n) is 5.41. The Balaban J connectivity index is 1.47. The molecule has 3 aromatic carbocycles. The van der Waals surface area contributed by atoms with E-state index in [0.29, 0.717) is 6.04 Å². The Bertz CT molecular complexity index is 915. The molecule has 4 rings (SSSR count). The van der Waals surface area contributed by atoms with Gasteiger partial charge in [-0.3, -0.25) is 5.01 Å². The molecule has 2 N–H and O–H groups in total. The lowest BCUT2D eigenvalue weighted by molar-refractivity contribution is -0.929. The van der Waals surface area contributed by atoms with Crippen molar-refractivity contribution in [3.8, 4) is 5.75 Å². The van der Waals surface area contributed by atoms with Crippen LogP contribution in [0.25, 0.3) is 0 Å². The molecule has 0 aliphatic carbocycles. The van der Waals surface area contributed by atoms with Crippen LogP contribution in [0.1, 0.15) is 22.7 Å². The Morgan fingerprint density at radius 2 is 1.48 bits per heavy atom. The summed E-state index contributed by atoms with van der Waals surface area (Å²) in [6.45, 7) is 3.79.